The van der Waals surface area contributed by atoms with E-state index in [0.717, 1.165) is 29.3 Å². The van der Waals surface area contributed by atoms with Gasteiger partial charge in [0.2, 0.25) is 0 Å². The Hall–Kier alpha value is -0.440. The predicted octanol–water partition coefficient (Wildman–Crippen LogP) is 5.27. The van der Waals surface area contributed by atoms with Gasteiger partial charge >= 0.3 is 0 Å². The number of hydrogen-bond acceptors (Lipinski definition) is 1. The van der Waals surface area contributed by atoms with Gasteiger partial charge < -0.3 is 4.57 Å². The standard InChI is InChI=1S/C14H15Cl3N2/c15-8-14-18-12-6-10(16)11(17)7-13(12)19(14)5-4-9-2-1-3-9/h6-7,9H,1-5,8H2. The first-order valence-electron chi connectivity index (χ1n) is 6.59. The van der Waals surface area contributed by atoms with Gasteiger partial charge in [0.15, 0.2) is 0 Å². The molecule has 0 saturated heterocycles. The van der Waals surface area contributed by atoms with E-state index in [4.69, 9.17) is 34.8 Å². The number of aromatic nitrogens is 2. The van der Waals surface area contributed by atoms with Gasteiger partial charge in [-0.3, -0.25) is 0 Å². The van der Waals surface area contributed by atoms with Crippen LogP contribution in [-0.2, 0) is 12.4 Å². The first-order chi connectivity index (χ1) is 9.19. The van der Waals surface area contributed by atoms with E-state index in [1.807, 2.05) is 12.1 Å². The van der Waals surface area contributed by atoms with E-state index in [1.165, 1.54) is 25.7 Å². The van der Waals surface area contributed by atoms with Crippen molar-refractivity contribution < 1.29 is 0 Å². The number of nitrogens with zero attached hydrogens (tertiary/aromatic N) is 2. The molecule has 0 atom stereocenters. The molecule has 5 heteroatoms. The minimum atomic E-state index is 0.411. The van der Waals surface area contributed by atoms with Gasteiger partial charge in [-0.15, -0.1) is 11.6 Å². The second-order valence-corrected chi connectivity index (χ2v) is 6.24. The van der Waals surface area contributed by atoms with Crippen molar-refractivity contribution >= 4 is 45.8 Å². The van der Waals surface area contributed by atoms with Crippen molar-refractivity contribution in [2.24, 2.45) is 5.92 Å². The lowest BCUT2D eigenvalue weighted by Crippen LogP contribution is -2.14. The van der Waals surface area contributed by atoms with Crippen LogP contribution >= 0.6 is 34.8 Å². The summed E-state index contributed by atoms with van der Waals surface area (Å²) in [5, 5.41) is 1.11. The Morgan fingerprint density at radius 1 is 1.21 bits per heavy atom. The van der Waals surface area contributed by atoms with E-state index in [9.17, 15) is 0 Å². The molecule has 102 valence electrons. The SMILES string of the molecule is ClCc1nc2cc(Cl)c(Cl)cc2n1CCC1CCC1. The van der Waals surface area contributed by atoms with Gasteiger partial charge in [-0.1, -0.05) is 42.5 Å². The summed E-state index contributed by atoms with van der Waals surface area (Å²) in [7, 11) is 0. The van der Waals surface area contributed by atoms with Crippen molar-refractivity contribution in [2.75, 3.05) is 0 Å². The van der Waals surface area contributed by atoms with Crippen LogP contribution in [0.25, 0.3) is 11.0 Å². The fraction of sp³-hybridized carbons (Fsp3) is 0.500. The molecule has 0 bridgehead atoms. The number of imidazole rings is 1. The van der Waals surface area contributed by atoms with E-state index in [0.29, 0.717) is 15.9 Å². The molecule has 1 aromatic carbocycles. The lowest BCUT2D eigenvalue weighted by Gasteiger charge is -2.25. The first-order valence-corrected chi connectivity index (χ1v) is 7.88. The molecule has 2 nitrogen and oxygen atoms in total. The largest absolute Gasteiger partial charge is 0.327 e. The molecule has 1 aromatic heterocycles. The lowest BCUT2D eigenvalue weighted by atomic mass is 9.83. The quantitative estimate of drug-likeness (QED) is 0.702. The van der Waals surface area contributed by atoms with E-state index in [-0.39, 0.29) is 0 Å². The van der Waals surface area contributed by atoms with E-state index in [2.05, 4.69) is 9.55 Å². The molecule has 0 N–H and O–H groups in total. The highest BCUT2D eigenvalue weighted by atomic mass is 35.5. The molecule has 0 radical (unpaired) electrons. The molecule has 3 rings (SSSR count). The molecule has 2 aromatic rings. The van der Waals surface area contributed by atoms with E-state index < -0.39 is 0 Å². The van der Waals surface area contributed by atoms with E-state index >= 15 is 0 Å². The van der Waals surface area contributed by atoms with Crippen LogP contribution in [0.5, 0.6) is 0 Å². The summed E-state index contributed by atoms with van der Waals surface area (Å²) in [6, 6.07) is 3.71. The third-order valence-electron chi connectivity index (χ3n) is 3.97. The maximum Gasteiger partial charge on any atom is 0.124 e. The highest BCUT2D eigenvalue weighted by Gasteiger charge is 2.19. The van der Waals surface area contributed by atoms with Crippen molar-refractivity contribution in [1.82, 2.24) is 9.55 Å². The zero-order valence-corrected chi connectivity index (χ0v) is 12.8. The van der Waals surface area contributed by atoms with Gasteiger partial charge in [0.25, 0.3) is 0 Å². The van der Waals surface area contributed by atoms with Crippen molar-refractivity contribution in [3.8, 4) is 0 Å². The number of halogens is 3. The molecule has 1 heterocycles. The topological polar surface area (TPSA) is 17.8 Å². The smallest absolute Gasteiger partial charge is 0.124 e. The molecule has 19 heavy (non-hydrogen) atoms. The summed E-state index contributed by atoms with van der Waals surface area (Å²) < 4.78 is 2.18. The minimum absolute atomic E-state index is 0.411. The van der Waals surface area contributed by atoms with Crippen LogP contribution in [0.2, 0.25) is 10.0 Å². The summed E-state index contributed by atoms with van der Waals surface area (Å²) in [4.78, 5) is 4.54. The Morgan fingerprint density at radius 2 is 1.95 bits per heavy atom. The third-order valence-corrected chi connectivity index (χ3v) is 4.94. The van der Waals surface area contributed by atoms with Crippen LogP contribution in [0.3, 0.4) is 0 Å². The van der Waals surface area contributed by atoms with Crippen molar-refractivity contribution in [1.29, 1.82) is 0 Å². The predicted molar refractivity (Wildman–Crippen MR) is 81.3 cm³/mol. The summed E-state index contributed by atoms with van der Waals surface area (Å²) >= 11 is 18.1. The van der Waals surface area contributed by atoms with Crippen LogP contribution in [0.15, 0.2) is 12.1 Å². The molecule has 1 fully saturated rings. The molecular formula is C14H15Cl3N2. The Bertz CT molecular complexity index is 602. The Balaban J connectivity index is 1.96. The fourth-order valence-corrected chi connectivity index (χ4v) is 3.13. The summed E-state index contributed by atoms with van der Waals surface area (Å²) in [6.45, 7) is 0.960. The fourth-order valence-electron chi connectivity index (χ4n) is 2.61. The average molecular weight is 318 g/mol. The van der Waals surface area contributed by atoms with Gasteiger partial charge in [-0.2, -0.15) is 0 Å². The maximum atomic E-state index is 6.11. The Morgan fingerprint density at radius 3 is 2.58 bits per heavy atom. The minimum Gasteiger partial charge on any atom is -0.327 e. The van der Waals surface area contributed by atoms with Gasteiger partial charge in [0.05, 0.1) is 27.0 Å². The van der Waals surface area contributed by atoms with Gasteiger partial charge in [-0.25, -0.2) is 4.98 Å². The van der Waals surface area contributed by atoms with Crippen molar-refractivity contribution in [3.63, 3.8) is 0 Å². The van der Waals surface area contributed by atoms with Crippen LogP contribution < -0.4 is 0 Å². The normalized spacial score (nSPS) is 15.9. The summed E-state index contributed by atoms with van der Waals surface area (Å²) in [6.07, 6.45) is 5.28. The number of aryl methyl sites for hydroxylation is 1. The van der Waals surface area contributed by atoms with Crippen molar-refractivity contribution in [2.45, 2.75) is 38.1 Å². The Labute approximate surface area is 127 Å². The lowest BCUT2D eigenvalue weighted by molar-refractivity contribution is 0.282. The molecular weight excluding hydrogens is 303 g/mol. The average Bonchev–Trinajstić information content (AvgIpc) is 2.66. The molecule has 0 aliphatic heterocycles. The maximum absolute atomic E-state index is 6.11. The second-order valence-electron chi connectivity index (χ2n) is 5.15. The summed E-state index contributed by atoms with van der Waals surface area (Å²) in [5.74, 6) is 2.17. The van der Waals surface area contributed by atoms with Crippen LogP contribution in [0.1, 0.15) is 31.5 Å². The zero-order valence-electron chi connectivity index (χ0n) is 10.5. The van der Waals surface area contributed by atoms with Gasteiger partial charge in [0.1, 0.15) is 5.82 Å². The van der Waals surface area contributed by atoms with Crippen LogP contribution in [0.4, 0.5) is 0 Å². The molecule has 1 aliphatic carbocycles. The summed E-state index contributed by atoms with van der Waals surface area (Å²) in [5.41, 5.74) is 1.91. The van der Waals surface area contributed by atoms with Gasteiger partial charge in [-0.05, 0) is 24.5 Å². The number of rotatable bonds is 4. The second kappa shape index (κ2) is 5.51. The highest BCUT2D eigenvalue weighted by molar-refractivity contribution is 6.42. The molecule has 0 amide bonds. The van der Waals surface area contributed by atoms with Gasteiger partial charge in [0, 0.05) is 6.54 Å². The number of fused-ring (bicyclic) bond motifs is 1. The van der Waals surface area contributed by atoms with Crippen LogP contribution in [0, 0.1) is 5.92 Å². The molecule has 0 spiro atoms. The Kier molecular flexibility index (Phi) is 3.93. The zero-order chi connectivity index (χ0) is 13.4. The molecule has 1 aliphatic rings. The first kappa shape index (κ1) is 13.5. The van der Waals surface area contributed by atoms with Crippen molar-refractivity contribution in [3.05, 3.63) is 28.0 Å². The highest BCUT2D eigenvalue weighted by Crippen LogP contribution is 2.32. The molecule has 1 saturated carbocycles. The number of alkyl halides is 1. The number of hydrogen-bond donors (Lipinski definition) is 0. The third kappa shape index (κ3) is 2.58. The van der Waals surface area contributed by atoms with E-state index in [1.54, 1.807) is 0 Å². The monoisotopic (exact) mass is 316 g/mol. The molecule has 0 unspecified atom stereocenters. The van der Waals surface area contributed by atoms with Crippen LogP contribution in [-0.4, -0.2) is 9.55 Å². The number of benzene rings is 1.